The van der Waals surface area contributed by atoms with E-state index in [4.69, 9.17) is 4.74 Å². The van der Waals surface area contributed by atoms with Crippen molar-refractivity contribution in [1.29, 1.82) is 0 Å². The lowest BCUT2D eigenvalue weighted by Crippen LogP contribution is -2.47. The van der Waals surface area contributed by atoms with Gasteiger partial charge in [0.05, 0.1) is 0 Å². The van der Waals surface area contributed by atoms with Gasteiger partial charge in [0, 0.05) is 31.6 Å². The zero-order valence-corrected chi connectivity index (χ0v) is 11.2. The number of rotatable bonds is 0. The molecule has 2 rings (SSSR count). The minimum absolute atomic E-state index is 0.160. The molecule has 1 N–H and O–H groups in total. The van der Waals surface area contributed by atoms with Crippen molar-refractivity contribution in [3.05, 3.63) is 0 Å². The molecule has 1 amide bonds. The fourth-order valence-corrected chi connectivity index (χ4v) is 2.60. The highest BCUT2D eigenvalue weighted by Gasteiger charge is 2.41. The van der Waals surface area contributed by atoms with E-state index < -0.39 is 5.60 Å². The van der Waals surface area contributed by atoms with Crippen molar-refractivity contribution >= 4 is 6.09 Å². The third-order valence-electron chi connectivity index (χ3n) is 3.65. The summed E-state index contributed by atoms with van der Waals surface area (Å²) < 4.78 is 5.45. The SMILES string of the molecule is CC(C)(C)OC(=O)N1CCNCC2(CCC2)C1. The molecule has 1 spiro atoms. The summed E-state index contributed by atoms with van der Waals surface area (Å²) in [4.78, 5) is 13.9. The van der Waals surface area contributed by atoms with Crippen molar-refractivity contribution in [3.63, 3.8) is 0 Å². The molecule has 2 aliphatic rings. The third kappa shape index (κ3) is 3.12. The molecular formula is C13H24N2O2. The normalized spacial score (nSPS) is 24.1. The summed E-state index contributed by atoms with van der Waals surface area (Å²) in [6.07, 6.45) is 3.61. The van der Waals surface area contributed by atoms with Crippen LogP contribution in [0.3, 0.4) is 0 Å². The van der Waals surface area contributed by atoms with Crippen molar-refractivity contribution in [2.24, 2.45) is 5.41 Å². The molecule has 0 bridgehead atoms. The quantitative estimate of drug-likeness (QED) is 0.704. The van der Waals surface area contributed by atoms with E-state index in [1.165, 1.54) is 19.3 Å². The Kier molecular flexibility index (Phi) is 3.34. The van der Waals surface area contributed by atoms with Gasteiger partial charge in [0.1, 0.15) is 5.60 Å². The first-order chi connectivity index (χ1) is 7.90. The van der Waals surface area contributed by atoms with Gasteiger partial charge in [-0.1, -0.05) is 6.42 Å². The number of hydrogen-bond acceptors (Lipinski definition) is 3. The molecular weight excluding hydrogens is 216 g/mol. The molecule has 0 radical (unpaired) electrons. The first-order valence-corrected chi connectivity index (χ1v) is 6.59. The molecule has 0 aromatic carbocycles. The average molecular weight is 240 g/mol. The molecule has 0 aromatic rings. The van der Waals surface area contributed by atoms with Crippen LogP contribution in [0.2, 0.25) is 0 Å². The summed E-state index contributed by atoms with van der Waals surface area (Å²) in [6, 6.07) is 0. The van der Waals surface area contributed by atoms with E-state index in [9.17, 15) is 4.79 Å². The average Bonchev–Trinajstić information content (AvgIpc) is 2.35. The van der Waals surface area contributed by atoms with Crippen molar-refractivity contribution in [2.75, 3.05) is 26.2 Å². The number of amides is 1. The van der Waals surface area contributed by atoms with Gasteiger partial charge in [0.2, 0.25) is 0 Å². The molecule has 1 saturated heterocycles. The summed E-state index contributed by atoms with van der Waals surface area (Å²) in [5, 5.41) is 3.44. The van der Waals surface area contributed by atoms with Crippen molar-refractivity contribution in [2.45, 2.75) is 45.6 Å². The smallest absolute Gasteiger partial charge is 0.410 e. The molecule has 1 aliphatic heterocycles. The van der Waals surface area contributed by atoms with Crippen LogP contribution in [0, 0.1) is 5.41 Å². The van der Waals surface area contributed by atoms with Crippen LogP contribution < -0.4 is 5.32 Å². The number of nitrogens with zero attached hydrogens (tertiary/aromatic N) is 1. The first kappa shape index (κ1) is 12.7. The second-order valence-electron chi connectivity index (χ2n) is 6.43. The van der Waals surface area contributed by atoms with Gasteiger partial charge in [-0.05, 0) is 33.6 Å². The van der Waals surface area contributed by atoms with Crippen molar-refractivity contribution in [1.82, 2.24) is 10.2 Å². The van der Waals surface area contributed by atoms with Crippen LogP contribution in [0.1, 0.15) is 40.0 Å². The molecule has 0 aromatic heterocycles. The van der Waals surface area contributed by atoms with Crippen LogP contribution in [0.25, 0.3) is 0 Å². The molecule has 1 aliphatic carbocycles. The van der Waals surface area contributed by atoms with Crippen LogP contribution in [-0.4, -0.2) is 42.8 Å². The van der Waals surface area contributed by atoms with E-state index in [2.05, 4.69) is 5.32 Å². The number of carbonyl (C=O) groups excluding carboxylic acids is 1. The van der Waals surface area contributed by atoms with Gasteiger partial charge in [0.25, 0.3) is 0 Å². The Morgan fingerprint density at radius 2 is 2.06 bits per heavy atom. The Labute approximate surface area is 104 Å². The minimum atomic E-state index is -0.399. The minimum Gasteiger partial charge on any atom is -0.444 e. The third-order valence-corrected chi connectivity index (χ3v) is 3.65. The highest BCUT2D eigenvalue weighted by molar-refractivity contribution is 5.68. The van der Waals surface area contributed by atoms with E-state index in [-0.39, 0.29) is 6.09 Å². The first-order valence-electron chi connectivity index (χ1n) is 6.59. The predicted octanol–water partition coefficient (Wildman–Crippen LogP) is 2.00. The van der Waals surface area contributed by atoms with Gasteiger partial charge in [-0.25, -0.2) is 4.79 Å². The van der Waals surface area contributed by atoms with Crippen LogP contribution in [0.15, 0.2) is 0 Å². The van der Waals surface area contributed by atoms with Gasteiger partial charge in [-0.3, -0.25) is 0 Å². The molecule has 4 heteroatoms. The number of carbonyl (C=O) groups is 1. The molecule has 0 unspecified atom stereocenters. The maximum absolute atomic E-state index is 12.1. The fraction of sp³-hybridized carbons (Fsp3) is 0.923. The molecule has 98 valence electrons. The number of nitrogens with one attached hydrogen (secondary N) is 1. The fourth-order valence-electron chi connectivity index (χ4n) is 2.60. The summed E-state index contributed by atoms with van der Waals surface area (Å²) in [7, 11) is 0. The van der Waals surface area contributed by atoms with E-state index in [1.807, 2.05) is 25.7 Å². The van der Waals surface area contributed by atoms with Gasteiger partial charge in [0.15, 0.2) is 0 Å². The van der Waals surface area contributed by atoms with Crippen molar-refractivity contribution < 1.29 is 9.53 Å². The van der Waals surface area contributed by atoms with Crippen LogP contribution in [0.5, 0.6) is 0 Å². The Morgan fingerprint density at radius 3 is 2.59 bits per heavy atom. The molecule has 1 heterocycles. The van der Waals surface area contributed by atoms with Gasteiger partial charge >= 0.3 is 6.09 Å². The number of ether oxygens (including phenoxy) is 1. The maximum atomic E-state index is 12.1. The van der Waals surface area contributed by atoms with E-state index in [1.54, 1.807) is 0 Å². The zero-order chi connectivity index (χ0) is 12.5. The lowest BCUT2D eigenvalue weighted by atomic mass is 9.68. The predicted molar refractivity (Wildman–Crippen MR) is 67.0 cm³/mol. The topological polar surface area (TPSA) is 41.6 Å². The maximum Gasteiger partial charge on any atom is 0.410 e. The Bertz CT molecular complexity index is 292. The summed E-state index contributed by atoms with van der Waals surface area (Å²) in [6.45, 7) is 9.29. The lowest BCUT2D eigenvalue weighted by molar-refractivity contribution is 0.0106. The highest BCUT2D eigenvalue weighted by Crippen LogP contribution is 2.41. The van der Waals surface area contributed by atoms with Crippen LogP contribution >= 0.6 is 0 Å². The molecule has 0 atom stereocenters. The van der Waals surface area contributed by atoms with E-state index >= 15 is 0 Å². The highest BCUT2D eigenvalue weighted by atomic mass is 16.6. The van der Waals surface area contributed by atoms with E-state index in [0.29, 0.717) is 5.41 Å². The van der Waals surface area contributed by atoms with Gasteiger partial charge in [-0.15, -0.1) is 0 Å². The molecule has 1 saturated carbocycles. The zero-order valence-electron chi connectivity index (χ0n) is 11.2. The summed E-state index contributed by atoms with van der Waals surface area (Å²) >= 11 is 0. The monoisotopic (exact) mass is 240 g/mol. The summed E-state index contributed by atoms with van der Waals surface area (Å²) in [5.41, 5.74) is -0.0724. The standard InChI is InChI=1S/C13H24N2O2/c1-12(2,3)17-11(16)15-8-7-14-9-13(10-15)5-4-6-13/h14H,4-10H2,1-3H3. The van der Waals surface area contributed by atoms with Gasteiger partial charge in [-0.2, -0.15) is 0 Å². The Hall–Kier alpha value is -0.770. The van der Waals surface area contributed by atoms with Gasteiger partial charge < -0.3 is 15.0 Å². The van der Waals surface area contributed by atoms with Crippen molar-refractivity contribution in [3.8, 4) is 0 Å². The number of hydrogen-bond donors (Lipinski definition) is 1. The second-order valence-corrected chi connectivity index (χ2v) is 6.43. The molecule has 2 fully saturated rings. The lowest BCUT2D eigenvalue weighted by Gasteiger charge is -2.43. The molecule has 4 nitrogen and oxygen atoms in total. The Balaban J connectivity index is 1.97. The second kappa shape index (κ2) is 4.48. The van der Waals surface area contributed by atoms with E-state index in [0.717, 1.165) is 26.2 Å². The van der Waals surface area contributed by atoms with Crippen LogP contribution in [-0.2, 0) is 4.74 Å². The molecule has 17 heavy (non-hydrogen) atoms. The van der Waals surface area contributed by atoms with Crippen LogP contribution in [0.4, 0.5) is 4.79 Å². The Morgan fingerprint density at radius 1 is 1.35 bits per heavy atom. The summed E-state index contributed by atoms with van der Waals surface area (Å²) in [5.74, 6) is 0. The largest absolute Gasteiger partial charge is 0.444 e.